The number of fused-ring (bicyclic) bond motifs is 1. The first-order valence-electron chi connectivity index (χ1n) is 15.6. The van der Waals surface area contributed by atoms with Crippen molar-refractivity contribution in [3.05, 3.63) is 79.7 Å². The number of rotatable bonds is 17. The molecule has 1 unspecified atom stereocenters. The Balaban J connectivity index is 2.12. The molecule has 51 heavy (non-hydrogen) atoms. The van der Waals surface area contributed by atoms with Gasteiger partial charge in [-0.3, -0.25) is 39.0 Å². The minimum Gasteiger partial charge on any atom is -0.485 e. The summed E-state index contributed by atoms with van der Waals surface area (Å²) in [6, 6.07) is 10.2. The molecule has 1 amide bonds. The van der Waals surface area contributed by atoms with Crippen molar-refractivity contribution in [2.24, 2.45) is 0 Å². The number of amides is 1. The number of esters is 4. The number of ether oxygens (including phenoxy) is 5. The summed E-state index contributed by atoms with van der Waals surface area (Å²) in [5.41, 5.74) is -1.87. The lowest BCUT2D eigenvalue weighted by Crippen LogP contribution is -2.44. The summed E-state index contributed by atoms with van der Waals surface area (Å²) in [6.07, 6.45) is -0.366. The average Bonchev–Trinajstić information content (AvgIpc) is 3.04. The largest absolute Gasteiger partial charge is 0.485 e. The molecule has 17 heteroatoms. The topological polar surface area (TPSA) is 220 Å². The van der Waals surface area contributed by atoms with Gasteiger partial charge in [0.15, 0.2) is 0 Å². The van der Waals surface area contributed by atoms with Crippen LogP contribution in [0.25, 0.3) is 11.0 Å². The van der Waals surface area contributed by atoms with Crippen LogP contribution in [0.15, 0.2) is 51.7 Å². The third kappa shape index (κ3) is 11.6. The standard InChI is InChI=1S/C34H39N3O14/c1-7-34(5,6)35-32(42)25-14-23-12-13-28(50-20(2)24-10-8-9-11-27(24)37(44)45)26(31(23)51-33(25)43)15-36(16-29(40)48-18-46-21(3)38)17-30(41)49-19-47-22(4)39/h8-14,20H,7,15-19H2,1-6H3,(H,35,42). The Kier molecular flexibility index (Phi) is 13.7. The third-order valence-corrected chi connectivity index (χ3v) is 7.47. The number of benzene rings is 2. The molecular weight excluding hydrogens is 674 g/mol. The second kappa shape index (κ2) is 17.7. The van der Waals surface area contributed by atoms with Gasteiger partial charge in [0.05, 0.1) is 29.1 Å². The van der Waals surface area contributed by atoms with Crippen LogP contribution in [0.4, 0.5) is 5.69 Å². The zero-order valence-electron chi connectivity index (χ0n) is 29.0. The van der Waals surface area contributed by atoms with Gasteiger partial charge < -0.3 is 33.4 Å². The number of nitro groups is 1. The number of nitrogens with zero attached hydrogens (tertiary/aromatic N) is 2. The lowest BCUT2D eigenvalue weighted by molar-refractivity contribution is -0.386. The van der Waals surface area contributed by atoms with E-state index in [1.807, 2.05) is 6.92 Å². The second-order valence-electron chi connectivity index (χ2n) is 11.9. The molecule has 0 spiro atoms. The first-order chi connectivity index (χ1) is 24.0. The highest BCUT2D eigenvalue weighted by Gasteiger charge is 2.27. The van der Waals surface area contributed by atoms with E-state index in [0.717, 1.165) is 13.8 Å². The van der Waals surface area contributed by atoms with E-state index in [0.29, 0.717) is 6.42 Å². The predicted octanol–water partition coefficient (Wildman–Crippen LogP) is 3.69. The van der Waals surface area contributed by atoms with E-state index in [9.17, 15) is 38.9 Å². The van der Waals surface area contributed by atoms with E-state index in [4.69, 9.17) is 18.6 Å². The molecule has 3 rings (SSSR count). The van der Waals surface area contributed by atoms with Crippen LogP contribution < -0.4 is 15.7 Å². The molecule has 0 radical (unpaired) electrons. The maximum atomic E-state index is 13.3. The molecule has 0 saturated carbocycles. The van der Waals surface area contributed by atoms with Crippen LogP contribution in [0.2, 0.25) is 0 Å². The SMILES string of the molecule is CCC(C)(C)NC(=O)c1cc2ccc(OC(C)c3ccccc3[N+](=O)[O-])c(CN(CC(=O)OCOC(C)=O)CC(=O)OCOC(C)=O)c2oc1=O. The average molecular weight is 714 g/mol. The van der Waals surface area contributed by atoms with Crippen molar-refractivity contribution in [1.82, 2.24) is 10.2 Å². The lowest BCUT2D eigenvalue weighted by Gasteiger charge is -2.25. The molecule has 0 aliphatic heterocycles. The van der Waals surface area contributed by atoms with Gasteiger partial charge in [-0.1, -0.05) is 19.1 Å². The Bertz CT molecular complexity index is 1820. The molecule has 3 aromatic rings. The number of hydrogen-bond acceptors (Lipinski definition) is 15. The van der Waals surface area contributed by atoms with Crippen molar-refractivity contribution in [3.8, 4) is 5.75 Å². The van der Waals surface area contributed by atoms with Gasteiger partial charge in [0.1, 0.15) is 23.0 Å². The number of nitro benzene ring substituents is 1. The Morgan fingerprint density at radius 1 is 0.941 bits per heavy atom. The van der Waals surface area contributed by atoms with Crippen molar-refractivity contribution in [3.63, 3.8) is 0 Å². The summed E-state index contributed by atoms with van der Waals surface area (Å²) in [5.74, 6) is -3.90. The van der Waals surface area contributed by atoms with E-state index in [1.54, 1.807) is 26.8 Å². The molecule has 17 nitrogen and oxygen atoms in total. The Labute approximate surface area is 291 Å². The third-order valence-electron chi connectivity index (χ3n) is 7.47. The Morgan fingerprint density at radius 2 is 1.53 bits per heavy atom. The maximum absolute atomic E-state index is 13.3. The monoisotopic (exact) mass is 713 g/mol. The van der Waals surface area contributed by atoms with Crippen LogP contribution in [-0.4, -0.2) is 71.8 Å². The molecular formula is C34H39N3O14. The summed E-state index contributed by atoms with van der Waals surface area (Å²) < 4.78 is 31.1. The zero-order valence-corrected chi connectivity index (χ0v) is 29.0. The van der Waals surface area contributed by atoms with Crippen LogP contribution in [-0.2, 0) is 44.7 Å². The highest BCUT2D eigenvalue weighted by Crippen LogP contribution is 2.34. The zero-order chi connectivity index (χ0) is 37.9. The maximum Gasteiger partial charge on any atom is 0.349 e. The number of para-hydroxylation sites is 1. The molecule has 0 bridgehead atoms. The Morgan fingerprint density at radius 3 is 2.08 bits per heavy atom. The number of nitrogens with one attached hydrogen (secondary N) is 1. The smallest absolute Gasteiger partial charge is 0.349 e. The number of carbonyl (C=O) groups is 5. The van der Waals surface area contributed by atoms with E-state index in [1.165, 1.54) is 41.3 Å². The quantitative estimate of drug-likeness (QED) is 0.0693. The fourth-order valence-corrected chi connectivity index (χ4v) is 4.56. The first-order valence-corrected chi connectivity index (χ1v) is 15.6. The fraction of sp³-hybridized carbons (Fsp3) is 0.412. The van der Waals surface area contributed by atoms with Crippen LogP contribution in [0, 0.1) is 10.1 Å². The highest BCUT2D eigenvalue weighted by molar-refractivity contribution is 5.97. The summed E-state index contributed by atoms with van der Waals surface area (Å²) in [6.45, 7) is 6.25. The molecule has 0 saturated heterocycles. The summed E-state index contributed by atoms with van der Waals surface area (Å²) >= 11 is 0. The van der Waals surface area contributed by atoms with Crippen molar-refractivity contribution in [2.75, 3.05) is 26.7 Å². The van der Waals surface area contributed by atoms with E-state index in [-0.39, 0.29) is 45.6 Å². The molecule has 2 aromatic carbocycles. The molecule has 0 aliphatic rings. The molecule has 1 atom stereocenters. The van der Waals surface area contributed by atoms with Crippen molar-refractivity contribution < 1.29 is 57.0 Å². The van der Waals surface area contributed by atoms with E-state index >= 15 is 0 Å². The number of hydrogen-bond donors (Lipinski definition) is 1. The van der Waals surface area contributed by atoms with Gasteiger partial charge in [-0.2, -0.15) is 0 Å². The van der Waals surface area contributed by atoms with Gasteiger partial charge in [0, 0.05) is 37.4 Å². The minimum atomic E-state index is -0.995. The molecule has 1 N–H and O–H groups in total. The Hall–Kier alpha value is -5.84. The van der Waals surface area contributed by atoms with Gasteiger partial charge in [-0.15, -0.1) is 0 Å². The van der Waals surface area contributed by atoms with Gasteiger partial charge in [0.2, 0.25) is 13.6 Å². The molecule has 1 heterocycles. The van der Waals surface area contributed by atoms with Gasteiger partial charge in [-0.05, 0) is 51.5 Å². The van der Waals surface area contributed by atoms with E-state index in [2.05, 4.69) is 14.8 Å². The van der Waals surface area contributed by atoms with Crippen LogP contribution in [0.3, 0.4) is 0 Å². The lowest BCUT2D eigenvalue weighted by atomic mass is 10.0. The summed E-state index contributed by atoms with van der Waals surface area (Å²) in [7, 11) is 0. The van der Waals surface area contributed by atoms with Crippen molar-refractivity contribution in [2.45, 2.75) is 66.2 Å². The van der Waals surface area contributed by atoms with Crippen molar-refractivity contribution in [1.29, 1.82) is 0 Å². The van der Waals surface area contributed by atoms with Crippen LogP contribution in [0.1, 0.15) is 75.6 Å². The minimum absolute atomic E-state index is 0.0483. The molecule has 274 valence electrons. The molecule has 0 aliphatic carbocycles. The van der Waals surface area contributed by atoms with Crippen LogP contribution in [0.5, 0.6) is 5.75 Å². The molecule has 1 aromatic heterocycles. The normalized spacial score (nSPS) is 11.7. The van der Waals surface area contributed by atoms with Crippen LogP contribution >= 0.6 is 0 Å². The first kappa shape index (κ1) is 39.6. The molecule has 0 fully saturated rings. The van der Waals surface area contributed by atoms with E-state index < -0.39 is 78.7 Å². The second-order valence-corrected chi connectivity index (χ2v) is 11.9. The summed E-state index contributed by atoms with van der Waals surface area (Å²) in [4.78, 5) is 86.5. The van der Waals surface area contributed by atoms with Gasteiger partial charge >= 0.3 is 29.5 Å². The number of carbonyl (C=O) groups excluding carboxylic acids is 5. The highest BCUT2D eigenvalue weighted by atomic mass is 16.7. The predicted molar refractivity (Wildman–Crippen MR) is 177 cm³/mol. The summed E-state index contributed by atoms with van der Waals surface area (Å²) in [5, 5.41) is 14.8. The van der Waals surface area contributed by atoms with Gasteiger partial charge in [-0.25, -0.2) is 4.79 Å². The van der Waals surface area contributed by atoms with Crippen molar-refractivity contribution >= 4 is 46.4 Å². The fourth-order valence-electron chi connectivity index (χ4n) is 4.56. The van der Waals surface area contributed by atoms with Gasteiger partial charge in [0.25, 0.3) is 11.6 Å².